The maximum absolute atomic E-state index is 12.4. The van der Waals surface area contributed by atoms with Crippen LogP contribution in [0.3, 0.4) is 0 Å². The zero-order chi connectivity index (χ0) is 20.0. The number of benzene rings is 2. The first-order valence-corrected chi connectivity index (χ1v) is 10.2. The molecule has 0 aliphatic rings. The van der Waals surface area contributed by atoms with Crippen molar-refractivity contribution in [3.63, 3.8) is 0 Å². The van der Waals surface area contributed by atoms with E-state index in [0.717, 1.165) is 21.8 Å². The molecule has 0 aromatic heterocycles. The second kappa shape index (κ2) is 8.68. The number of hydrogen-bond acceptors (Lipinski definition) is 5. The van der Waals surface area contributed by atoms with E-state index >= 15 is 0 Å². The molecule has 1 amide bonds. The summed E-state index contributed by atoms with van der Waals surface area (Å²) in [4.78, 5) is 14.4. The minimum atomic E-state index is -3.64. The van der Waals surface area contributed by atoms with Gasteiger partial charge in [-0.1, -0.05) is 30.3 Å². The number of carbonyl (C=O) groups excluding carboxylic acids is 1. The van der Waals surface area contributed by atoms with Gasteiger partial charge in [0.1, 0.15) is 6.04 Å². The van der Waals surface area contributed by atoms with Crippen molar-refractivity contribution in [2.45, 2.75) is 13.0 Å². The summed E-state index contributed by atoms with van der Waals surface area (Å²) in [5, 5.41) is 3.94. The van der Waals surface area contributed by atoms with Gasteiger partial charge >= 0.3 is 0 Å². The first kappa shape index (κ1) is 20.4. The molecule has 0 heterocycles. The van der Waals surface area contributed by atoms with Gasteiger partial charge in [-0.25, -0.2) is 13.8 Å². The molecule has 0 radical (unpaired) electrons. The largest absolute Gasteiger partial charge is 0.378 e. The highest BCUT2D eigenvalue weighted by Gasteiger charge is 2.28. The first-order valence-electron chi connectivity index (χ1n) is 8.35. The van der Waals surface area contributed by atoms with E-state index in [1.165, 1.54) is 13.1 Å². The van der Waals surface area contributed by atoms with Crippen molar-refractivity contribution < 1.29 is 13.2 Å². The van der Waals surface area contributed by atoms with Gasteiger partial charge < -0.3 is 4.90 Å². The lowest BCUT2D eigenvalue weighted by molar-refractivity contribution is -0.121. The summed E-state index contributed by atoms with van der Waals surface area (Å²) in [6, 6.07) is 15.2. The summed E-state index contributed by atoms with van der Waals surface area (Å²) in [6.45, 7) is 1.52. The fourth-order valence-electron chi connectivity index (χ4n) is 2.51. The van der Waals surface area contributed by atoms with Gasteiger partial charge in [0.05, 0.1) is 18.2 Å². The molecule has 0 aliphatic heterocycles. The van der Waals surface area contributed by atoms with Crippen molar-refractivity contribution in [2.75, 3.05) is 29.6 Å². The highest BCUT2D eigenvalue weighted by atomic mass is 32.2. The van der Waals surface area contributed by atoms with Crippen LogP contribution in [0.15, 0.2) is 59.7 Å². The van der Waals surface area contributed by atoms with Crippen LogP contribution in [0.2, 0.25) is 0 Å². The Morgan fingerprint density at radius 3 is 2.15 bits per heavy atom. The predicted molar refractivity (Wildman–Crippen MR) is 110 cm³/mol. The second-order valence-electron chi connectivity index (χ2n) is 6.29. The van der Waals surface area contributed by atoms with Crippen LogP contribution < -0.4 is 14.6 Å². The maximum atomic E-state index is 12.4. The number of carbonyl (C=O) groups is 1. The molecule has 0 unspecified atom stereocenters. The van der Waals surface area contributed by atoms with E-state index in [1.807, 2.05) is 43.3 Å². The Kier molecular flexibility index (Phi) is 6.57. The molecule has 7 nitrogen and oxygen atoms in total. The second-order valence-corrected chi connectivity index (χ2v) is 8.15. The third kappa shape index (κ3) is 5.55. The predicted octanol–water partition coefficient (Wildman–Crippen LogP) is 2.06. The van der Waals surface area contributed by atoms with Crippen molar-refractivity contribution in [3.05, 3.63) is 60.2 Å². The minimum Gasteiger partial charge on any atom is -0.378 e. The summed E-state index contributed by atoms with van der Waals surface area (Å²) in [5.74, 6) is -0.523. The lowest BCUT2D eigenvalue weighted by atomic mass is 10.2. The summed E-state index contributed by atoms with van der Waals surface area (Å²) >= 11 is 0. The van der Waals surface area contributed by atoms with Crippen LogP contribution in [0, 0.1) is 0 Å². The highest BCUT2D eigenvalue weighted by Crippen LogP contribution is 2.20. The summed E-state index contributed by atoms with van der Waals surface area (Å²) in [7, 11) is 0.262. The molecule has 0 fully saturated rings. The summed E-state index contributed by atoms with van der Waals surface area (Å²) in [5.41, 5.74) is 4.70. The molecule has 144 valence electrons. The van der Waals surface area contributed by atoms with Crippen molar-refractivity contribution in [2.24, 2.45) is 5.10 Å². The maximum Gasteiger partial charge on any atom is 0.263 e. The molecule has 0 aliphatic carbocycles. The van der Waals surface area contributed by atoms with Crippen LogP contribution in [0.4, 0.5) is 11.4 Å². The van der Waals surface area contributed by atoms with Gasteiger partial charge in [0.2, 0.25) is 10.0 Å². The van der Waals surface area contributed by atoms with Crippen LogP contribution in [0.1, 0.15) is 12.5 Å². The van der Waals surface area contributed by atoms with Crippen molar-refractivity contribution in [1.82, 2.24) is 5.43 Å². The standard InChI is InChI=1S/C19H24N4O3S/c1-15(23(27(4,25)26)18-8-6-5-7-9-18)19(24)21-20-14-16-10-12-17(13-11-16)22(2)3/h5-15H,1-4H3,(H,21,24)/b20-14-/t15-/m0/s1. The van der Waals surface area contributed by atoms with Gasteiger partial charge in [0.15, 0.2) is 0 Å². The molecular weight excluding hydrogens is 364 g/mol. The van der Waals surface area contributed by atoms with E-state index < -0.39 is 22.0 Å². The summed E-state index contributed by atoms with van der Waals surface area (Å²) in [6.07, 6.45) is 2.58. The Hall–Kier alpha value is -2.87. The third-order valence-electron chi connectivity index (χ3n) is 3.90. The van der Waals surface area contributed by atoms with E-state index in [1.54, 1.807) is 30.3 Å². The molecule has 1 N–H and O–H groups in total. The average Bonchev–Trinajstić information content (AvgIpc) is 2.61. The van der Waals surface area contributed by atoms with E-state index in [9.17, 15) is 13.2 Å². The number of amides is 1. The molecule has 2 rings (SSSR count). The monoisotopic (exact) mass is 388 g/mol. The fourth-order valence-corrected chi connectivity index (χ4v) is 3.68. The molecule has 0 saturated heterocycles. The van der Waals surface area contributed by atoms with Crippen LogP contribution >= 0.6 is 0 Å². The molecule has 0 saturated carbocycles. The smallest absolute Gasteiger partial charge is 0.263 e. The number of hydrazone groups is 1. The van der Waals surface area contributed by atoms with Gasteiger partial charge in [-0.15, -0.1) is 0 Å². The van der Waals surface area contributed by atoms with Gasteiger partial charge in [-0.2, -0.15) is 5.10 Å². The number of hydrogen-bond donors (Lipinski definition) is 1. The SMILES string of the molecule is C[C@@H](C(=O)N/N=C\c1ccc(N(C)C)cc1)N(c1ccccc1)S(C)(=O)=O. The van der Waals surface area contributed by atoms with Gasteiger partial charge in [-0.05, 0) is 36.8 Å². The highest BCUT2D eigenvalue weighted by molar-refractivity contribution is 7.92. The number of rotatable bonds is 7. The first-order chi connectivity index (χ1) is 12.7. The molecule has 0 spiro atoms. The van der Waals surface area contributed by atoms with Gasteiger partial charge in [-0.3, -0.25) is 9.10 Å². The number of anilines is 2. The van der Waals surface area contributed by atoms with Crippen LogP contribution in [-0.2, 0) is 14.8 Å². The Morgan fingerprint density at radius 1 is 1.04 bits per heavy atom. The Bertz CT molecular complexity index is 894. The Labute approximate surface area is 160 Å². The van der Waals surface area contributed by atoms with E-state index in [2.05, 4.69) is 10.5 Å². The fraction of sp³-hybridized carbons (Fsp3) is 0.263. The van der Waals surface area contributed by atoms with Crippen LogP contribution in [-0.4, -0.2) is 46.9 Å². The van der Waals surface area contributed by atoms with Crippen molar-refractivity contribution >= 4 is 33.5 Å². The van der Waals surface area contributed by atoms with Crippen molar-refractivity contribution in [3.8, 4) is 0 Å². The van der Waals surface area contributed by atoms with E-state index in [4.69, 9.17) is 0 Å². The normalized spacial score (nSPS) is 12.6. The zero-order valence-corrected chi connectivity index (χ0v) is 16.6. The van der Waals surface area contributed by atoms with Crippen molar-refractivity contribution in [1.29, 1.82) is 0 Å². The number of nitrogens with one attached hydrogen (secondary N) is 1. The molecule has 2 aromatic carbocycles. The molecular formula is C19H24N4O3S. The molecule has 1 atom stereocenters. The molecule has 8 heteroatoms. The van der Waals surface area contributed by atoms with Gasteiger partial charge in [0.25, 0.3) is 5.91 Å². The number of nitrogens with zero attached hydrogens (tertiary/aromatic N) is 3. The third-order valence-corrected chi connectivity index (χ3v) is 5.14. The van der Waals surface area contributed by atoms with Gasteiger partial charge in [0, 0.05) is 19.8 Å². The Morgan fingerprint density at radius 2 is 1.63 bits per heavy atom. The Balaban J connectivity index is 2.09. The molecule has 0 bridgehead atoms. The van der Waals surface area contributed by atoms with E-state index in [0.29, 0.717) is 5.69 Å². The number of sulfonamides is 1. The lowest BCUT2D eigenvalue weighted by Crippen LogP contribution is -2.46. The summed E-state index contributed by atoms with van der Waals surface area (Å²) < 4.78 is 25.4. The zero-order valence-electron chi connectivity index (χ0n) is 15.8. The lowest BCUT2D eigenvalue weighted by Gasteiger charge is -2.27. The number of para-hydroxylation sites is 1. The quantitative estimate of drug-likeness (QED) is 0.581. The minimum absolute atomic E-state index is 0.422. The molecule has 27 heavy (non-hydrogen) atoms. The topological polar surface area (TPSA) is 82.1 Å². The average molecular weight is 388 g/mol. The van der Waals surface area contributed by atoms with Crippen LogP contribution in [0.5, 0.6) is 0 Å². The van der Waals surface area contributed by atoms with E-state index in [-0.39, 0.29) is 0 Å². The molecule has 2 aromatic rings. The van der Waals surface area contributed by atoms with Crippen LogP contribution in [0.25, 0.3) is 0 Å².